The van der Waals surface area contributed by atoms with Gasteiger partial charge in [0.1, 0.15) is 0 Å². The maximum Gasteiger partial charge on any atom is 0.306 e. The summed E-state index contributed by atoms with van der Waals surface area (Å²) < 4.78 is 0. The minimum atomic E-state index is -0.631. The quantitative estimate of drug-likeness (QED) is 0.667. The summed E-state index contributed by atoms with van der Waals surface area (Å²) >= 11 is 6.05. The van der Waals surface area contributed by atoms with Crippen LogP contribution in [0.25, 0.3) is 0 Å². The summed E-state index contributed by atoms with van der Waals surface area (Å²) in [7, 11) is 0. The third-order valence-corrected chi connectivity index (χ3v) is 3.18. The predicted octanol–water partition coefficient (Wildman–Crippen LogP) is 3.04. The summed E-state index contributed by atoms with van der Waals surface area (Å²) in [4.78, 5) is 10.8. The molecule has 13 heavy (non-hydrogen) atoms. The number of halogens is 1. The van der Waals surface area contributed by atoms with Gasteiger partial charge in [0.05, 0.1) is 5.92 Å². The van der Waals surface area contributed by atoms with Gasteiger partial charge in [0.2, 0.25) is 0 Å². The number of hydrogen-bond donors (Lipinski definition) is 1. The maximum absolute atomic E-state index is 10.8. The molecule has 1 fully saturated rings. The highest BCUT2D eigenvalue weighted by molar-refractivity contribution is 6.20. The summed E-state index contributed by atoms with van der Waals surface area (Å²) in [5.74, 6) is -0.755. The largest absolute Gasteiger partial charge is 0.481 e. The first kappa shape index (κ1) is 10.8. The zero-order valence-electron chi connectivity index (χ0n) is 7.84. The lowest BCUT2D eigenvalue weighted by Crippen LogP contribution is -2.13. The molecule has 0 aromatic carbocycles. The zero-order valence-corrected chi connectivity index (χ0v) is 8.59. The molecule has 0 heterocycles. The van der Waals surface area contributed by atoms with Crippen LogP contribution in [0.5, 0.6) is 0 Å². The monoisotopic (exact) mass is 204 g/mol. The topological polar surface area (TPSA) is 37.3 Å². The molecule has 0 amide bonds. The molecule has 2 nitrogen and oxygen atoms in total. The maximum atomic E-state index is 10.8. The van der Waals surface area contributed by atoms with Crippen molar-refractivity contribution in [3.05, 3.63) is 0 Å². The van der Waals surface area contributed by atoms with Crippen LogP contribution < -0.4 is 0 Å². The number of carboxylic acids is 1. The fourth-order valence-electron chi connectivity index (χ4n) is 1.88. The van der Waals surface area contributed by atoms with E-state index in [1.807, 2.05) is 0 Å². The van der Waals surface area contributed by atoms with Gasteiger partial charge in [0.15, 0.2) is 0 Å². The van der Waals surface area contributed by atoms with Gasteiger partial charge in [-0.05, 0) is 25.7 Å². The van der Waals surface area contributed by atoms with Crippen LogP contribution in [-0.4, -0.2) is 16.5 Å². The van der Waals surface area contributed by atoms with Crippen LogP contribution >= 0.6 is 11.6 Å². The van der Waals surface area contributed by atoms with Crippen molar-refractivity contribution in [3.8, 4) is 0 Å². The molecule has 0 aromatic rings. The lowest BCUT2D eigenvalue weighted by Gasteiger charge is -2.09. The van der Waals surface area contributed by atoms with Gasteiger partial charge in [-0.15, -0.1) is 11.6 Å². The van der Waals surface area contributed by atoms with E-state index < -0.39 is 5.97 Å². The Hall–Kier alpha value is -0.240. The summed E-state index contributed by atoms with van der Waals surface area (Å²) in [6.45, 7) is 0. The van der Waals surface area contributed by atoms with Crippen LogP contribution in [0.15, 0.2) is 0 Å². The van der Waals surface area contributed by atoms with Crippen molar-refractivity contribution in [2.75, 3.05) is 0 Å². The minimum absolute atomic E-state index is 0.123. The van der Waals surface area contributed by atoms with Crippen LogP contribution in [0.1, 0.15) is 44.9 Å². The Morgan fingerprint density at radius 2 is 1.62 bits per heavy atom. The van der Waals surface area contributed by atoms with Gasteiger partial charge in [-0.25, -0.2) is 0 Å². The third kappa shape index (κ3) is 3.99. The van der Waals surface area contributed by atoms with E-state index in [1.54, 1.807) is 0 Å². The summed E-state index contributed by atoms with van der Waals surface area (Å²) in [5.41, 5.74) is 0. The first-order valence-electron chi connectivity index (χ1n) is 5.07. The van der Waals surface area contributed by atoms with Gasteiger partial charge in [0.25, 0.3) is 0 Å². The Balaban J connectivity index is 2.38. The average molecular weight is 205 g/mol. The molecular weight excluding hydrogens is 188 g/mol. The van der Waals surface area contributed by atoms with E-state index in [-0.39, 0.29) is 11.3 Å². The van der Waals surface area contributed by atoms with Crippen molar-refractivity contribution in [2.24, 2.45) is 5.92 Å². The van der Waals surface area contributed by atoms with E-state index in [1.165, 1.54) is 0 Å². The van der Waals surface area contributed by atoms with Gasteiger partial charge in [-0.3, -0.25) is 4.79 Å². The van der Waals surface area contributed by atoms with E-state index in [9.17, 15) is 4.79 Å². The Morgan fingerprint density at radius 1 is 1.08 bits per heavy atom. The SMILES string of the molecule is O=C(O)C1CCCCC(Cl)CCC1. The molecule has 1 N–H and O–H groups in total. The fourth-order valence-corrected chi connectivity index (χ4v) is 2.19. The number of carbonyl (C=O) groups is 1. The summed E-state index contributed by atoms with van der Waals surface area (Å²) in [6, 6.07) is 0. The highest BCUT2D eigenvalue weighted by Crippen LogP contribution is 2.24. The summed E-state index contributed by atoms with van der Waals surface area (Å²) in [5, 5.41) is 9.15. The third-order valence-electron chi connectivity index (χ3n) is 2.74. The van der Waals surface area contributed by atoms with Crippen molar-refractivity contribution in [2.45, 2.75) is 50.3 Å². The molecular formula is C10H17ClO2. The van der Waals surface area contributed by atoms with Crippen LogP contribution in [-0.2, 0) is 4.79 Å². The normalized spacial score (nSPS) is 31.5. The van der Waals surface area contributed by atoms with Crippen molar-refractivity contribution in [1.29, 1.82) is 0 Å². The Labute approximate surface area is 84.3 Å². The molecule has 0 radical (unpaired) electrons. The van der Waals surface area contributed by atoms with E-state index in [0.717, 1.165) is 44.9 Å². The number of alkyl halides is 1. The second-order valence-corrected chi connectivity index (χ2v) is 4.47. The molecule has 1 rings (SSSR count). The summed E-state index contributed by atoms with van der Waals surface area (Å²) in [6.07, 6.45) is 6.72. The molecule has 1 saturated carbocycles. The molecule has 3 heteroatoms. The van der Waals surface area contributed by atoms with E-state index in [4.69, 9.17) is 16.7 Å². The van der Waals surface area contributed by atoms with Crippen LogP contribution in [0, 0.1) is 5.92 Å². The lowest BCUT2D eigenvalue weighted by molar-refractivity contribution is -0.142. The van der Waals surface area contributed by atoms with E-state index in [2.05, 4.69) is 0 Å². The van der Waals surface area contributed by atoms with Crippen molar-refractivity contribution >= 4 is 17.6 Å². The van der Waals surface area contributed by atoms with Gasteiger partial charge in [0, 0.05) is 5.38 Å². The molecule has 0 spiro atoms. The molecule has 2 atom stereocenters. The van der Waals surface area contributed by atoms with Gasteiger partial charge in [-0.1, -0.05) is 19.3 Å². The molecule has 0 aliphatic heterocycles. The number of aliphatic carboxylic acids is 1. The van der Waals surface area contributed by atoms with E-state index >= 15 is 0 Å². The number of carboxylic acid groups (broad SMARTS) is 1. The minimum Gasteiger partial charge on any atom is -0.481 e. The predicted molar refractivity (Wildman–Crippen MR) is 53.1 cm³/mol. The molecule has 76 valence electrons. The molecule has 1 aliphatic carbocycles. The van der Waals surface area contributed by atoms with Crippen LogP contribution in [0.4, 0.5) is 0 Å². The number of hydrogen-bond acceptors (Lipinski definition) is 1. The first-order chi connectivity index (χ1) is 6.20. The highest BCUT2D eigenvalue weighted by Gasteiger charge is 2.19. The Morgan fingerprint density at radius 3 is 2.31 bits per heavy atom. The van der Waals surface area contributed by atoms with Crippen LogP contribution in [0.2, 0.25) is 0 Å². The second kappa shape index (κ2) is 5.48. The van der Waals surface area contributed by atoms with Crippen molar-refractivity contribution < 1.29 is 9.90 Å². The second-order valence-electron chi connectivity index (χ2n) is 3.85. The molecule has 0 aromatic heterocycles. The first-order valence-corrected chi connectivity index (χ1v) is 5.50. The molecule has 0 saturated heterocycles. The lowest BCUT2D eigenvalue weighted by atomic mass is 9.97. The molecule has 2 unspecified atom stereocenters. The highest BCUT2D eigenvalue weighted by atomic mass is 35.5. The Bertz CT molecular complexity index is 170. The van der Waals surface area contributed by atoms with Gasteiger partial charge >= 0.3 is 5.97 Å². The smallest absolute Gasteiger partial charge is 0.306 e. The zero-order chi connectivity index (χ0) is 9.68. The number of rotatable bonds is 1. The van der Waals surface area contributed by atoms with Crippen LogP contribution in [0.3, 0.4) is 0 Å². The van der Waals surface area contributed by atoms with Crippen molar-refractivity contribution in [1.82, 2.24) is 0 Å². The fraction of sp³-hybridized carbons (Fsp3) is 0.900. The van der Waals surface area contributed by atoms with Crippen molar-refractivity contribution in [3.63, 3.8) is 0 Å². The molecule has 0 bridgehead atoms. The van der Waals surface area contributed by atoms with E-state index in [0.29, 0.717) is 0 Å². The Kier molecular flexibility index (Phi) is 4.57. The standard InChI is InChI=1S/C10H17ClO2/c11-9-6-2-1-4-8(10(12)13)5-3-7-9/h8-9H,1-7H2,(H,12,13). The average Bonchev–Trinajstić information content (AvgIpc) is 2.16. The van der Waals surface area contributed by atoms with Gasteiger partial charge < -0.3 is 5.11 Å². The van der Waals surface area contributed by atoms with Gasteiger partial charge in [-0.2, -0.15) is 0 Å². The molecule has 1 aliphatic rings.